The van der Waals surface area contributed by atoms with Gasteiger partial charge in [-0.05, 0) is 36.9 Å². The predicted molar refractivity (Wildman–Crippen MR) is 112 cm³/mol. The van der Waals surface area contributed by atoms with E-state index in [4.69, 9.17) is 9.47 Å². The number of ether oxygens (including phenoxy) is 2. The van der Waals surface area contributed by atoms with Crippen molar-refractivity contribution in [2.75, 3.05) is 32.8 Å². The van der Waals surface area contributed by atoms with Crippen LogP contribution in [0.1, 0.15) is 23.0 Å². The Balaban J connectivity index is 1.39. The summed E-state index contributed by atoms with van der Waals surface area (Å²) < 4.78 is 11.7. The minimum atomic E-state index is -0.115. The van der Waals surface area contributed by atoms with E-state index in [1.807, 2.05) is 48.7 Å². The van der Waals surface area contributed by atoms with Gasteiger partial charge in [-0.1, -0.05) is 18.2 Å². The van der Waals surface area contributed by atoms with Crippen LogP contribution in [0, 0.1) is 0 Å². The number of hydrogen-bond acceptors (Lipinski definition) is 5. The molecule has 0 saturated heterocycles. The van der Waals surface area contributed by atoms with Crippen molar-refractivity contribution in [2.24, 2.45) is 4.99 Å². The van der Waals surface area contributed by atoms with Gasteiger partial charge in [0.15, 0.2) is 23.6 Å². The van der Waals surface area contributed by atoms with Crippen molar-refractivity contribution in [1.29, 1.82) is 0 Å². The van der Waals surface area contributed by atoms with Crippen molar-refractivity contribution >= 4 is 23.2 Å². The van der Waals surface area contributed by atoms with Crippen LogP contribution in [0.15, 0.2) is 46.8 Å². The quantitative estimate of drug-likeness (QED) is 0.358. The van der Waals surface area contributed by atoms with Crippen LogP contribution < -0.4 is 25.4 Å². The Morgan fingerprint density at radius 1 is 1.14 bits per heavy atom. The van der Waals surface area contributed by atoms with Gasteiger partial charge in [0, 0.05) is 19.6 Å². The number of thiophene rings is 1. The number of para-hydroxylation sites is 2. The van der Waals surface area contributed by atoms with Crippen molar-refractivity contribution in [3.05, 3.63) is 46.7 Å². The number of benzene rings is 1. The van der Waals surface area contributed by atoms with Gasteiger partial charge < -0.3 is 25.4 Å². The number of fused-ring (bicyclic) bond motifs is 1. The molecule has 0 bridgehead atoms. The van der Waals surface area contributed by atoms with Gasteiger partial charge in [-0.25, -0.2) is 4.99 Å². The van der Waals surface area contributed by atoms with E-state index in [1.165, 1.54) is 11.3 Å². The Kier molecular flexibility index (Phi) is 7.54. The van der Waals surface area contributed by atoms with Gasteiger partial charge in [-0.3, -0.25) is 4.79 Å². The molecule has 3 rings (SSSR count). The Labute approximate surface area is 169 Å². The molecule has 2 aromatic rings. The number of hydrogen-bond donors (Lipinski definition) is 3. The number of nitrogens with one attached hydrogen (secondary N) is 3. The highest BCUT2D eigenvalue weighted by Gasteiger charge is 2.20. The topological polar surface area (TPSA) is 84.0 Å². The molecular weight excluding hydrogens is 376 g/mol. The van der Waals surface area contributed by atoms with Crippen LogP contribution in [0.25, 0.3) is 0 Å². The fourth-order valence-corrected chi connectivity index (χ4v) is 3.32. The molecule has 1 aliphatic heterocycles. The summed E-state index contributed by atoms with van der Waals surface area (Å²) in [4.78, 5) is 17.2. The lowest BCUT2D eigenvalue weighted by molar-refractivity contribution is 0.0957. The summed E-state index contributed by atoms with van der Waals surface area (Å²) in [5, 5.41) is 11.3. The van der Waals surface area contributed by atoms with Crippen molar-refractivity contribution in [3.63, 3.8) is 0 Å². The van der Waals surface area contributed by atoms with Crippen molar-refractivity contribution in [3.8, 4) is 11.5 Å². The second-order valence-corrected chi connectivity index (χ2v) is 7.18. The van der Waals surface area contributed by atoms with E-state index < -0.39 is 0 Å². The van der Waals surface area contributed by atoms with Crippen molar-refractivity contribution in [1.82, 2.24) is 16.0 Å². The SMILES string of the molecule is CCNC(=NCC1COc2ccccc2O1)NCCCNC(=O)c1cccs1. The summed E-state index contributed by atoms with van der Waals surface area (Å²) in [6, 6.07) is 11.4. The average molecular weight is 403 g/mol. The maximum atomic E-state index is 11.9. The van der Waals surface area contributed by atoms with E-state index in [9.17, 15) is 4.79 Å². The van der Waals surface area contributed by atoms with Gasteiger partial charge in [-0.2, -0.15) is 0 Å². The first-order valence-corrected chi connectivity index (χ1v) is 10.4. The number of amides is 1. The lowest BCUT2D eigenvalue weighted by atomic mass is 10.2. The van der Waals surface area contributed by atoms with Gasteiger partial charge in [0.25, 0.3) is 5.91 Å². The number of nitrogens with zero attached hydrogens (tertiary/aromatic N) is 1. The number of carbonyl (C=O) groups is 1. The molecule has 0 fully saturated rings. The zero-order chi connectivity index (χ0) is 19.6. The van der Waals surface area contributed by atoms with Crippen LogP contribution in [0.2, 0.25) is 0 Å². The molecule has 150 valence electrons. The minimum absolute atomic E-state index is 0.0229. The number of carbonyl (C=O) groups excluding carboxylic acids is 1. The van der Waals surface area contributed by atoms with E-state index in [2.05, 4.69) is 20.9 Å². The van der Waals surface area contributed by atoms with Gasteiger partial charge in [0.05, 0.1) is 11.4 Å². The second kappa shape index (κ2) is 10.6. The maximum Gasteiger partial charge on any atom is 0.261 e. The largest absolute Gasteiger partial charge is 0.486 e. The first kappa shape index (κ1) is 20.0. The number of rotatable bonds is 8. The Hall–Kier alpha value is -2.74. The normalized spacial score (nSPS) is 15.8. The minimum Gasteiger partial charge on any atom is -0.486 e. The van der Waals surface area contributed by atoms with E-state index in [-0.39, 0.29) is 12.0 Å². The van der Waals surface area contributed by atoms with E-state index in [1.54, 1.807) is 0 Å². The molecule has 1 aromatic carbocycles. The smallest absolute Gasteiger partial charge is 0.261 e. The molecule has 1 aromatic heterocycles. The number of aliphatic imine (C=N–C) groups is 1. The van der Waals surface area contributed by atoms with Crippen LogP contribution in [0.4, 0.5) is 0 Å². The lowest BCUT2D eigenvalue weighted by Gasteiger charge is -2.25. The van der Waals surface area contributed by atoms with E-state index in [0.717, 1.165) is 35.3 Å². The van der Waals surface area contributed by atoms with Crippen molar-refractivity contribution in [2.45, 2.75) is 19.4 Å². The molecule has 28 heavy (non-hydrogen) atoms. The van der Waals surface area contributed by atoms with Crippen LogP contribution >= 0.6 is 11.3 Å². The van der Waals surface area contributed by atoms with E-state index in [0.29, 0.717) is 26.2 Å². The highest BCUT2D eigenvalue weighted by molar-refractivity contribution is 7.12. The molecule has 3 N–H and O–H groups in total. The Morgan fingerprint density at radius 2 is 1.96 bits per heavy atom. The standard InChI is InChI=1S/C20H26N4O3S/c1-2-21-20(23-11-6-10-22-19(25)18-9-5-12-28-18)24-13-15-14-26-16-7-3-4-8-17(16)27-15/h3-5,7-9,12,15H,2,6,10-11,13-14H2,1H3,(H,22,25)(H2,21,23,24). The third-order valence-electron chi connectivity index (χ3n) is 4.04. The molecule has 1 amide bonds. The monoisotopic (exact) mass is 402 g/mol. The summed E-state index contributed by atoms with van der Waals surface area (Å²) in [7, 11) is 0. The molecule has 0 saturated carbocycles. The van der Waals surface area contributed by atoms with Crippen LogP contribution in [-0.2, 0) is 0 Å². The fraction of sp³-hybridized carbons (Fsp3) is 0.400. The molecule has 8 heteroatoms. The molecule has 1 atom stereocenters. The predicted octanol–water partition coefficient (Wildman–Crippen LogP) is 2.26. The molecule has 2 heterocycles. The Morgan fingerprint density at radius 3 is 2.75 bits per heavy atom. The third-order valence-corrected chi connectivity index (χ3v) is 4.91. The van der Waals surface area contributed by atoms with E-state index >= 15 is 0 Å². The van der Waals surface area contributed by atoms with Gasteiger partial charge >= 0.3 is 0 Å². The first-order chi connectivity index (χ1) is 13.8. The van der Waals surface area contributed by atoms with Crippen LogP contribution in [0.5, 0.6) is 11.5 Å². The van der Waals surface area contributed by atoms with Gasteiger partial charge in [0.1, 0.15) is 6.61 Å². The maximum absolute atomic E-state index is 11.9. The highest BCUT2D eigenvalue weighted by Crippen LogP contribution is 2.30. The zero-order valence-corrected chi connectivity index (χ0v) is 16.8. The average Bonchev–Trinajstić information content (AvgIpc) is 3.26. The Bertz CT molecular complexity index is 780. The molecule has 0 radical (unpaired) electrons. The fourth-order valence-electron chi connectivity index (χ4n) is 2.68. The van der Waals surface area contributed by atoms with Crippen LogP contribution in [-0.4, -0.2) is 50.8 Å². The molecule has 1 aliphatic rings. The molecule has 1 unspecified atom stereocenters. The summed E-state index contributed by atoms with van der Waals surface area (Å²) in [5.74, 6) is 2.24. The van der Waals surface area contributed by atoms with Crippen molar-refractivity contribution < 1.29 is 14.3 Å². The zero-order valence-electron chi connectivity index (χ0n) is 15.9. The molecule has 0 aliphatic carbocycles. The summed E-state index contributed by atoms with van der Waals surface area (Å²) in [6.07, 6.45) is 0.688. The molecule has 0 spiro atoms. The highest BCUT2D eigenvalue weighted by atomic mass is 32.1. The molecular formula is C20H26N4O3S. The second-order valence-electron chi connectivity index (χ2n) is 6.23. The van der Waals surface area contributed by atoms with Crippen LogP contribution in [0.3, 0.4) is 0 Å². The summed E-state index contributed by atoms with van der Waals surface area (Å²) in [5.41, 5.74) is 0. The third kappa shape index (κ3) is 5.88. The summed E-state index contributed by atoms with van der Waals surface area (Å²) in [6.45, 7) is 5.09. The first-order valence-electron chi connectivity index (χ1n) is 9.48. The lowest BCUT2D eigenvalue weighted by Crippen LogP contribution is -2.40. The molecule has 7 nitrogen and oxygen atoms in total. The van der Waals surface area contributed by atoms with Gasteiger partial charge in [0.2, 0.25) is 0 Å². The van der Waals surface area contributed by atoms with Gasteiger partial charge in [-0.15, -0.1) is 11.3 Å². The summed E-state index contributed by atoms with van der Waals surface area (Å²) >= 11 is 1.44. The number of guanidine groups is 1.